The minimum atomic E-state index is -2.80. The number of rotatable bonds is 4. The highest BCUT2D eigenvalue weighted by atomic mass is 19.3. The van der Waals surface area contributed by atoms with Gasteiger partial charge in [-0.2, -0.15) is 10.2 Å². The van der Waals surface area contributed by atoms with E-state index in [1.165, 1.54) is 0 Å². The van der Waals surface area contributed by atoms with Gasteiger partial charge in [0.05, 0.1) is 11.0 Å². The molecule has 1 amide bonds. The number of halogens is 2. The van der Waals surface area contributed by atoms with E-state index in [0.29, 0.717) is 24.0 Å². The number of benzene rings is 1. The first-order valence-electron chi connectivity index (χ1n) is 11.5. The second kappa shape index (κ2) is 7.82. The van der Waals surface area contributed by atoms with Gasteiger partial charge in [0.1, 0.15) is 5.70 Å². The number of azo groups is 1. The lowest BCUT2D eigenvalue weighted by Gasteiger charge is -2.48. The third-order valence-electron chi connectivity index (χ3n) is 6.95. The van der Waals surface area contributed by atoms with Crippen molar-refractivity contribution in [3.05, 3.63) is 76.4 Å². The Labute approximate surface area is 197 Å². The van der Waals surface area contributed by atoms with Gasteiger partial charge in [-0.05, 0) is 62.1 Å². The van der Waals surface area contributed by atoms with Crippen LogP contribution in [0.25, 0.3) is 11.1 Å². The number of pyridine rings is 1. The molecule has 6 nitrogen and oxygen atoms in total. The number of allylic oxidation sites excluding steroid dienone is 1. The molecule has 3 aliphatic rings. The molecule has 0 spiro atoms. The molecule has 0 fully saturated rings. The van der Waals surface area contributed by atoms with Crippen molar-refractivity contribution in [1.82, 2.24) is 15.6 Å². The Kier molecular flexibility index (Phi) is 5.15. The predicted octanol–water partition coefficient (Wildman–Crippen LogP) is 5.17. The second-order valence-corrected chi connectivity index (χ2v) is 9.76. The minimum absolute atomic E-state index is 0.253. The Morgan fingerprint density at radius 1 is 1.18 bits per heavy atom. The summed E-state index contributed by atoms with van der Waals surface area (Å²) < 4.78 is 28.4. The van der Waals surface area contributed by atoms with Crippen molar-refractivity contribution in [2.75, 3.05) is 0 Å². The van der Waals surface area contributed by atoms with E-state index in [2.05, 4.69) is 25.8 Å². The Morgan fingerprint density at radius 2 is 1.94 bits per heavy atom. The number of fused-ring (bicyclic) bond motifs is 1. The zero-order valence-corrected chi connectivity index (χ0v) is 19.6. The van der Waals surface area contributed by atoms with E-state index in [-0.39, 0.29) is 11.6 Å². The third-order valence-corrected chi connectivity index (χ3v) is 6.95. The predicted molar refractivity (Wildman–Crippen MR) is 125 cm³/mol. The van der Waals surface area contributed by atoms with E-state index in [1.54, 1.807) is 6.20 Å². The lowest BCUT2D eigenvalue weighted by Crippen LogP contribution is -2.58. The molecule has 0 saturated carbocycles. The molecule has 1 aromatic heterocycles. The summed E-state index contributed by atoms with van der Waals surface area (Å²) in [5, 5.41) is 14.4. The van der Waals surface area contributed by atoms with Crippen molar-refractivity contribution in [1.29, 1.82) is 0 Å². The molecule has 34 heavy (non-hydrogen) atoms. The summed E-state index contributed by atoms with van der Waals surface area (Å²) in [6.45, 7) is 7.74. The molecule has 3 aliphatic heterocycles. The number of aryl methyl sites for hydroxylation is 1. The number of nitrogens with zero attached hydrogens (tertiary/aromatic N) is 3. The van der Waals surface area contributed by atoms with Gasteiger partial charge < -0.3 is 10.6 Å². The lowest BCUT2D eigenvalue weighted by atomic mass is 9.61. The van der Waals surface area contributed by atoms with E-state index in [1.807, 2.05) is 64.1 Å². The molecule has 0 radical (unpaired) electrons. The number of aromatic nitrogens is 1. The first kappa shape index (κ1) is 22.4. The Balaban J connectivity index is 1.80. The highest BCUT2D eigenvalue weighted by molar-refractivity contribution is 6.00. The summed E-state index contributed by atoms with van der Waals surface area (Å²) in [6.07, 6.45) is -0.823. The highest BCUT2D eigenvalue weighted by Crippen LogP contribution is 2.53. The van der Waals surface area contributed by atoms with E-state index in [4.69, 9.17) is 0 Å². The van der Waals surface area contributed by atoms with Gasteiger partial charge in [-0.3, -0.25) is 9.78 Å². The lowest BCUT2D eigenvalue weighted by molar-refractivity contribution is -0.120. The van der Waals surface area contributed by atoms with Gasteiger partial charge in [0.25, 0.3) is 12.3 Å². The molecule has 5 rings (SSSR count). The van der Waals surface area contributed by atoms with Crippen molar-refractivity contribution < 1.29 is 13.6 Å². The maximum atomic E-state index is 14.2. The average Bonchev–Trinajstić information content (AvgIpc) is 3.21. The fourth-order valence-corrected chi connectivity index (χ4v) is 5.60. The van der Waals surface area contributed by atoms with Gasteiger partial charge in [-0.15, -0.1) is 0 Å². The summed E-state index contributed by atoms with van der Waals surface area (Å²) in [7, 11) is 0. The molecular formula is C26H27F2N5O. The van der Waals surface area contributed by atoms with Gasteiger partial charge in [-0.1, -0.05) is 25.1 Å². The maximum Gasteiger partial charge on any atom is 0.282 e. The van der Waals surface area contributed by atoms with E-state index in [9.17, 15) is 13.6 Å². The van der Waals surface area contributed by atoms with Crippen LogP contribution in [0, 0.1) is 6.92 Å². The summed E-state index contributed by atoms with van der Waals surface area (Å²) >= 11 is 0. The number of nitrogens with one attached hydrogen (secondary N) is 2. The van der Waals surface area contributed by atoms with Gasteiger partial charge >= 0.3 is 0 Å². The fraction of sp³-hybridized carbons (Fsp3) is 0.385. The number of carbonyl (C=O) groups excluding carboxylic acids is 1. The smallest absolute Gasteiger partial charge is 0.282 e. The molecule has 0 bridgehead atoms. The van der Waals surface area contributed by atoms with Crippen LogP contribution < -0.4 is 10.6 Å². The molecule has 2 N–H and O–H groups in total. The Hall–Kier alpha value is -3.42. The Bertz CT molecular complexity index is 1280. The quantitative estimate of drug-likeness (QED) is 0.657. The van der Waals surface area contributed by atoms with Crippen molar-refractivity contribution in [3.63, 3.8) is 0 Å². The molecule has 1 aromatic carbocycles. The molecule has 1 unspecified atom stereocenters. The highest BCUT2D eigenvalue weighted by Gasteiger charge is 2.55. The summed E-state index contributed by atoms with van der Waals surface area (Å²) in [5.41, 5.74) is 3.23. The van der Waals surface area contributed by atoms with E-state index in [0.717, 1.165) is 28.1 Å². The number of alkyl halides is 2. The zero-order valence-electron chi connectivity index (χ0n) is 19.6. The molecule has 0 aliphatic carbocycles. The molecule has 176 valence electrons. The molecule has 0 saturated heterocycles. The molecule has 2 atom stereocenters. The van der Waals surface area contributed by atoms with Crippen molar-refractivity contribution in [3.8, 4) is 11.1 Å². The second-order valence-electron chi connectivity index (χ2n) is 9.76. The summed E-state index contributed by atoms with van der Waals surface area (Å²) in [4.78, 5) is 17.8. The van der Waals surface area contributed by atoms with Crippen LogP contribution >= 0.6 is 0 Å². The number of carbonyl (C=O) groups is 1. The summed E-state index contributed by atoms with van der Waals surface area (Å²) in [6, 6.07) is 11.7. The number of amides is 1. The van der Waals surface area contributed by atoms with Crippen LogP contribution in [0.5, 0.6) is 0 Å². The zero-order chi connectivity index (χ0) is 24.3. The van der Waals surface area contributed by atoms with Gasteiger partial charge in [0.15, 0.2) is 6.17 Å². The SMILES string of the molecule is CC[C@@]1(c2cccc(-c3ccnc(C)c3)c2)C2=C(CC(C)(C)NC2=O)NC2N=NC(C(F)F)=C21. The van der Waals surface area contributed by atoms with E-state index < -0.39 is 23.5 Å². The Morgan fingerprint density at radius 3 is 2.65 bits per heavy atom. The minimum Gasteiger partial charge on any atom is -0.362 e. The molecule has 4 heterocycles. The van der Waals surface area contributed by atoms with Crippen LogP contribution in [0.2, 0.25) is 0 Å². The van der Waals surface area contributed by atoms with Crippen LogP contribution in [0.3, 0.4) is 0 Å². The maximum absolute atomic E-state index is 14.2. The summed E-state index contributed by atoms with van der Waals surface area (Å²) in [5.74, 6) is -0.253. The van der Waals surface area contributed by atoms with Crippen LogP contribution in [0.15, 0.2) is 75.4 Å². The molecular weight excluding hydrogens is 436 g/mol. The van der Waals surface area contributed by atoms with Crippen molar-refractivity contribution >= 4 is 5.91 Å². The van der Waals surface area contributed by atoms with Crippen LogP contribution in [-0.2, 0) is 10.2 Å². The van der Waals surface area contributed by atoms with Crippen LogP contribution in [0.4, 0.5) is 8.78 Å². The van der Waals surface area contributed by atoms with Gasteiger partial charge in [0, 0.05) is 35.1 Å². The van der Waals surface area contributed by atoms with E-state index >= 15 is 0 Å². The van der Waals surface area contributed by atoms with Crippen molar-refractivity contribution in [2.45, 2.75) is 64.1 Å². The first-order valence-corrected chi connectivity index (χ1v) is 11.5. The normalized spacial score (nSPS) is 25.3. The molecule has 2 aromatic rings. The standard InChI is InChI=1S/C26H27F2N5O/c1-5-26(17-8-6-7-15(12-17)16-9-10-29-14(2)11-16)19-18(13-25(3,4)31-24(19)34)30-23-20(26)21(22(27)28)32-33-23/h6-12,22-23,30H,5,13H2,1-4H3,(H,31,34)/t23?,26-/m1/s1. The van der Waals surface area contributed by atoms with Crippen LogP contribution in [-0.4, -0.2) is 29.0 Å². The van der Waals surface area contributed by atoms with Crippen LogP contribution in [0.1, 0.15) is 44.9 Å². The van der Waals surface area contributed by atoms with Crippen molar-refractivity contribution in [2.24, 2.45) is 10.2 Å². The first-order chi connectivity index (χ1) is 16.2. The van der Waals surface area contributed by atoms with Gasteiger partial charge in [-0.25, -0.2) is 8.78 Å². The average molecular weight is 464 g/mol. The van der Waals surface area contributed by atoms with Gasteiger partial charge in [0.2, 0.25) is 0 Å². The molecule has 8 heteroatoms. The number of hydrogen-bond donors (Lipinski definition) is 2. The largest absolute Gasteiger partial charge is 0.362 e. The number of hydrogen-bond acceptors (Lipinski definition) is 5. The third kappa shape index (κ3) is 3.35. The topological polar surface area (TPSA) is 78.7 Å². The fourth-order valence-electron chi connectivity index (χ4n) is 5.60. The monoisotopic (exact) mass is 463 g/mol.